The van der Waals surface area contributed by atoms with E-state index in [2.05, 4.69) is 25.5 Å². The fraction of sp³-hybridized carbons (Fsp3) is 0.562. The minimum atomic E-state index is -0.575. The van der Waals surface area contributed by atoms with Crippen LogP contribution in [-0.4, -0.2) is 70.3 Å². The van der Waals surface area contributed by atoms with Crippen LogP contribution in [0.25, 0.3) is 11.4 Å². The predicted molar refractivity (Wildman–Crippen MR) is 87.0 cm³/mol. The van der Waals surface area contributed by atoms with Gasteiger partial charge in [-0.05, 0) is 23.7 Å². The van der Waals surface area contributed by atoms with Gasteiger partial charge < -0.3 is 14.6 Å². The van der Waals surface area contributed by atoms with E-state index in [4.69, 9.17) is 9.47 Å². The zero-order valence-corrected chi connectivity index (χ0v) is 14.0. The average molecular weight is 333 g/mol. The molecule has 1 aliphatic heterocycles. The van der Waals surface area contributed by atoms with Gasteiger partial charge in [0.05, 0.1) is 12.6 Å². The summed E-state index contributed by atoms with van der Waals surface area (Å²) in [5.41, 5.74) is 1.71. The Hall–Kier alpha value is -1.87. The average Bonchev–Trinajstić information content (AvgIpc) is 3.16. The summed E-state index contributed by atoms with van der Waals surface area (Å²) in [5, 5.41) is 24.4. The van der Waals surface area contributed by atoms with Crippen molar-refractivity contribution in [3.05, 3.63) is 29.8 Å². The van der Waals surface area contributed by atoms with Gasteiger partial charge in [0.2, 0.25) is 5.82 Å². The number of hydrogen-bond acceptors (Lipinski definition) is 7. The van der Waals surface area contributed by atoms with Crippen molar-refractivity contribution in [2.75, 3.05) is 33.9 Å². The molecule has 1 saturated heterocycles. The molecule has 2 heterocycles. The molecular formula is C16H23N5O3. The van der Waals surface area contributed by atoms with Crippen molar-refractivity contribution in [1.29, 1.82) is 0 Å². The number of likely N-dealkylation sites (tertiary alicyclic amines) is 1. The van der Waals surface area contributed by atoms with Gasteiger partial charge in [-0.3, -0.25) is 4.90 Å². The standard InChI is InChI=1S/C16H23N5O3/c1-23-16(24-2)8-3-9-21(11-16)10-14(22)12-4-6-13(7-5-12)15-17-19-20-18-15/h4-7,14,22H,3,8-11H2,1-2H3,(H,17,18,19,20). The maximum Gasteiger partial charge on any atom is 0.204 e. The summed E-state index contributed by atoms with van der Waals surface area (Å²) in [6.45, 7) is 2.11. The summed E-state index contributed by atoms with van der Waals surface area (Å²) in [7, 11) is 3.33. The summed E-state index contributed by atoms with van der Waals surface area (Å²) < 4.78 is 11.1. The molecule has 0 bridgehead atoms. The van der Waals surface area contributed by atoms with Crippen LogP contribution < -0.4 is 0 Å². The highest BCUT2D eigenvalue weighted by molar-refractivity contribution is 5.54. The van der Waals surface area contributed by atoms with Crippen LogP contribution in [0.1, 0.15) is 24.5 Å². The highest BCUT2D eigenvalue weighted by Crippen LogP contribution is 2.27. The number of β-amino-alcohol motifs (C(OH)–C–C–N with tert-alkyl or cyclic N) is 1. The molecule has 0 radical (unpaired) electrons. The molecule has 3 rings (SSSR count). The third-order valence-corrected chi connectivity index (χ3v) is 4.57. The lowest BCUT2D eigenvalue weighted by Crippen LogP contribution is -2.51. The molecule has 1 aromatic carbocycles. The maximum absolute atomic E-state index is 10.5. The third kappa shape index (κ3) is 3.62. The van der Waals surface area contributed by atoms with Crippen LogP contribution in [0, 0.1) is 0 Å². The number of aliphatic hydroxyl groups is 1. The number of methoxy groups -OCH3 is 2. The van der Waals surface area contributed by atoms with Crippen molar-refractivity contribution in [2.24, 2.45) is 0 Å². The number of hydrogen-bond donors (Lipinski definition) is 2. The normalized spacial score (nSPS) is 19.3. The molecule has 2 N–H and O–H groups in total. The number of aromatic nitrogens is 4. The molecule has 8 nitrogen and oxygen atoms in total. The molecule has 0 spiro atoms. The number of aromatic amines is 1. The monoisotopic (exact) mass is 333 g/mol. The summed E-state index contributed by atoms with van der Waals surface area (Å²) in [4.78, 5) is 2.17. The molecule has 0 aliphatic carbocycles. The van der Waals surface area contributed by atoms with Crippen LogP contribution >= 0.6 is 0 Å². The van der Waals surface area contributed by atoms with Crippen molar-refractivity contribution in [3.8, 4) is 11.4 Å². The molecule has 8 heteroatoms. The number of tetrazole rings is 1. The first-order chi connectivity index (χ1) is 11.7. The van der Waals surface area contributed by atoms with Crippen LogP contribution in [0.5, 0.6) is 0 Å². The Balaban J connectivity index is 1.63. The van der Waals surface area contributed by atoms with Gasteiger partial charge in [-0.25, -0.2) is 0 Å². The Labute approximate surface area is 140 Å². The Bertz CT molecular complexity index is 628. The molecule has 1 unspecified atom stereocenters. The summed E-state index contributed by atoms with van der Waals surface area (Å²) in [6.07, 6.45) is 1.27. The molecule has 0 amide bonds. The van der Waals surface area contributed by atoms with Crippen LogP contribution in [0.15, 0.2) is 24.3 Å². The zero-order valence-electron chi connectivity index (χ0n) is 14.0. The number of rotatable bonds is 6. The van der Waals surface area contributed by atoms with Gasteiger partial charge in [0.25, 0.3) is 0 Å². The maximum atomic E-state index is 10.5. The predicted octanol–water partition coefficient (Wildman–Crippen LogP) is 0.985. The Morgan fingerprint density at radius 3 is 2.67 bits per heavy atom. The molecule has 1 atom stereocenters. The van der Waals surface area contributed by atoms with Gasteiger partial charge in [-0.2, -0.15) is 5.21 Å². The van der Waals surface area contributed by atoms with E-state index in [1.165, 1.54) is 0 Å². The topological polar surface area (TPSA) is 96.4 Å². The lowest BCUT2D eigenvalue weighted by Gasteiger charge is -2.41. The molecule has 1 fully saturated rings. The number of nitrogens with one attached hydrogen (secondary N) is 1. The van der Waals surface area contributed by atoms with Crippen LogP contribution in [-0.2, 0) is 9.47 Å². The number of aliphatic hydroxyl groups excluding tert-OH is 1. The third-order valence-electron chi connectivity index (χ3n) is 4.57. The Morgan fingerprint density at radius 1 is 1.29 bits per heavy atom. The van der Waals surface area contributed by atoms with Crippen molar-refractivity contribution in [3.63, 3.8) is 0 Å². The first-order valence-corrected chi connectivity index (χ1v) is 8.00. The lowest BCUT2D eigenvalue weighted by molar-refractivity contribution is -0.233. The van der Waals surface area contributed by atoms with Gasteiger partial charge in [0, 0.05) is 32.7 Å². The van der Waals surface area contributed by atoms with Crippen LogP contribution in [0.4, 0.5) is 0 Å². The number of H-pyrrole nitrogens is 1. The highest BCUT2D eigenvalue weighted by Gasteiger charge is 2.36. The number of piperidine rings is 1. The minimum absolute atomic E-state index is 0.538. The summed E-state index contributed by atoms with van der Waals surface area (Å²) in [5.74, 6) is -0.0301. The second-order valence-electron chi connectivity index (χ2n) is 6.03. The first-order valence-electron chi connectivity index (χ1n) is 8.00. The number of benzene rings is 1. The Kier molecular flexibility index (Phi) is 5.20. The van der Waals surface area contributed by atoms with Crippen molar-refractivity contribution in [1.82, 2.24) is 25.5 Å². The second kappa shape index (κ2) is 7.35. The fourth-order valence-corrected chi connectivity index (χ4v) is 3.13. The van der Waals surface area contributed by atoms with Gasteiger partial charge >= 0.3 is 0 Å². The summed E-state index contributed by atoms with van der Waals surface area (Å²) >= 11 is 0. The Morgan fingerprint density at radius 2 is 2.04 bits per heavy atom. The molecular weight excluding hydrogens is 310 g/mol. The first kappa shape index (κ1) is 17.0. The van der Waals surface area contributed by atoms with E-state index in [-0.39, 0.29) is 0 Å². The van der Waals surface area contributed by atoms with E-state index >= 15 is 0 Å². The largest absolute Gasteiger partial charge is 0.387 e. The van der Waals surface area contributed by atoms with Crippen molar-refractivity contribution < 1.29 is 14.6 Å². The molecule has 0 saturated carbocycles. The molecule has 1 aromatic heterocycles. The van der Waals surface area contributed by atoms with Crippen LogP contribution in [0.2, 0.25) is 0 Å². The van der Waals surface area contributed by atoms with E-state index in [9.17, 15) is 5.11 Å². The fourth-order valence-electron chi connectivity index (χ4n) is 3.13. The van der Waals surface area contributed by atoms with E-state index < -0.39 is 11.9 Å². The molecule has 130 valence electrons. The van der Waals surface area contributed by atoms with E-state index in [0.717, 1.165) is 30.5 Å². The zero-order chi connectivity index (χ0) is 17.0. The van der Waals surface area contributed by atoms with Crippen molar-refractivity contribution >= 4 is 0 Å². The second-order valence-corrected chi connectivity index (χ2v) is 6.03. The van der Waals surface area contributed by atoms with Gasteiger partial charge in [0.1, 0.15) is 0 Å². The quantitative estimate of drug-likeness (QED) is 0.761. The van der Waals surface area contributed by atoms with Gasteiger partial charge in [0.15, 0.2) is 5.79 Å². The molecule has 24 heavy (non-hydrogen) atoms. The smallest absolute Gasteiger partial charge is 0.204 e. The van der Waals surface area contributed by atoms with Gasteiger partial charge in [-0.1, -0.05) is 24.3 Å². The molecule has 1 aliphatic rings. The highest BCUT2D eigenvalue weighted by atomic mass is 16.7. The van der Waals surface area contributed by atoms with E-state index in [1.54, 1.807) is 14.2 Å². The minimum Gasteiger partial charge on any atom is -0.387 e. The number of ether oxygens (including phenoxy) is 2. The van der Waals surface area contributed by atoms with E-state index in [0.29, 0.717) is 18.9 Å². The summed E-state index contributed by atoms with van der Waals surface area (Å²) in [6, 6.07) is 7.54. The molecule has 2 aromatic rings. The van der Waals surface area contributed by atoms with E-state index in [1.807, 2.05) is 24.3 Å². The van der Waals surface area contributed by atoms with Gasteiger partial charge in [-0.15, -0.1) is 10.2 Å². The van der Waals surface area contributed by atoms with Crippen LogP contribution in [0.3, 0.4) is 0 Å². The number of nitrogens with zero attached hydrogens (tertiary/aromatic N) is 4. The van der Waals surface area contributed by atoms with Crippen molar-refractivity contribution in [2.45, 2.75) is 24.7 Å². The SMILES string of the molecule is COC1(OC)CCCN(CC(O)c2ccc(-c3nn[nH]n3)cc2)C1. The lowest BCUT2D eigenvalue weighted by atomic mass is 10.0.